The van der Waals surface area contributed by atoms with E-state index in [-0.39, 0.29) is 17.9 Å². The van der Waals surface area contributed by atoms with Crippen molar-refractivity contribution in [2.45, 2.75) is 11.7 Å². The molecule has 0 aliphatic heterocycles. The Labute approximate surface area is 126 Å². The van der Waals surface area contributed by atoms with Gasteiger partial charge in [-0.25, -0.2) is 4.98 Å². The summed E-state index contributed by atoms with van der Waals surface area (Å²) in [5.41, 5.74) is 0.951. The third-order valence-corrected chi connectivity index (χ3v) is 4.52. The fourth-order valence-electron chi connectivity index (χ4n) is 1.78. The molecule has 1 N–H and O–H groups in total. The lowest BCUT2D eigenvalue weighted by molar-refractivity contribution is -0.133. The van der Waals surface area contributed by atoms with Crippen molar-refractivity contribution in [1.82, 2.24) is 14.7 Å². The Bertz CT molecular complexity index is 838. The highest BCUT2D eigenvalue weighted by atomic mass is 32.2. The first-order valence-corrected chi connectivity index (χ1v) is 7.73. The van der Waals surface area contributed by atoms with E-state index in [9.17, 15) is 9.59 Å². The summed E-state index contributed by atoms with van der Waals surface area (Å²) in [5.74, 6) is -1.13. The maximum atomic E-state index is 12.5. The van der Waals surface area contributed by atoms with Gasteiger partial charge >= 0.3 is 5.97 Å². The van der Waals surface area contributed by atoms with Gasteiger partial charge in [-0.3, -0.25) is 14.2 Å². The van der Waals surface area contributed by atoms with Crippen molar-refractivity contribution in [1.29, 1.82) is 0 Å². The number of nitrogens with zero attached hydrogens (tertiary/aromatic N) is 3. The van der Waals surface area contributed by atoms with E-state index in [2.05, 4.69) is 10.1 Å². The van der Waals surface area contributed by atoms with Gasteiger partial charge in [-0.05, 0) is 11.4 Å². The SMILES string of the molecule is O=C(O)CSc1nc2ccsc2c(=O)n1Cc1ccon1. The van der Waals surface area contributed by atoms with Crippen molar-refractivity contribution in [2.75, 3.05) is 5.75 Å². The summed E-state index contributed by atoms with van der Waals surface area (Å²) in [6.07, 6.45) is 1.42. The molecule has 0 spiro atoms. The van der Waals surface area contributed by atoms with Crippen LogP contribution in [-0.2, 0) is 11.3 Å². The first-order valence-electron chi connectivity index (χ1n) is 5.87. The highest BCUT2D eigenvalue weighted by molar-refractivity contribution is 7.99. The molecular weight excluding hydrogens is 314 g/mol. The smallest absolute Gasteiger partial charge is 0.313 e. The van der Waals surface area contributed by atoms with E-state index < -0.39 is 5.97 Å². The average molecular weight is 323 g/mol. The fraction of sp³-hybridized carbons (Fsp3) is 0.167. The molecule has 0 fully saturated rings. The summed E-state index contributed by atoms with van der Waals surface area (Å²) >= 11 is 2.32. The van der Waals surface area contributed by atoms with E-state index in [1.165, 1.54) is 22.2 Å². The number of hydrogen-bond acceptors (Lipinski definition) is 7. The Kier molecular flexibility index (Phi) is 3.76. The third kappa shape index (κ3) is 2.83. The molecule has 9 heteroatoms. The normalized spacial score (nSPS) is 11.0. The second kappa shape index (κ2) is 5.70. The number of rotatable bonds is 5. The summed E-state index contributed by atoms with van der Waals surface area (Å²) < 4.78 is 6.71. The van der Waals surface area contributed by atoms with Gasteiger partial charge in [-0.1, -0.05) is 16.9 Å². The summed E-state index contributed by atoms with van der Waals surface area (Å²) in [4.78, 5) is 27.6. The van der Waals surface area contributed by atoms with Crippen LogP contribution in [0.5, 0.6) is 0 Å². The molecule has 3 heterocycles. The van der Waals surface area contributed by atoms with Crippen LogP contribution >= 0.6 is 23.1 Å². The zero-order chi connectivity index (χ0) is 14.8. The van der Waals surface area contributed by atoms with Gasteiger partial charge in [0.2, 0.25) is 0 Å². The Balaban J connectivity index is 2.08. The number of carboxylic acids is 1. The van der Waals surface area contributed by atoms with Crippen LogP contribution in [0, 0.1) is 0 Å². The molecule has 3 aromatic heterocycles. The van der Waals surface area contributed by atoms with Crippen LogP contribution in [0.1, 0.15) is 5.69 Å². The molecule has 21 heavy (non-hydrogen) atoms. The van der Waals surface area contributed by atoms with Crippen molar-refractivity contribution < 1.29 is 14.4 Å². The van der Waals surface area contributed by atoms with Crippen molar-refractivity contribution in [3.8, 4) is 0 Å². The van der Waals surface area contributed by atoms with Gasteiger partial charge in [0.1, 0.15) is 16.7 Å². The van der Waals surface area contributed by atoms with Crippen LogP contribution in [0.3, 0.4) is 0 Å². The van der Waals surface area contributed by atoms with Gasteiger partial charge in [0.05, 0.1) is 17.8 Å². The van der Waals surface area contributed by atoms with E-state index in [0.29, 0.717) is 21.1 Å². The first-order chi connectivity index (χ1) is 10.1. The molecule has 0 aliphatic rings. The van der Waals surface area contributed by atoms with Gasteiger partial charge in [0, 0.05) is 6.07 Å². The second-order valence-electron chi connectivity index (χ2n) is 4.09. The monoisotopic (exact) mass is 323 g/mol. The van der Waals surface area contributed by atoms with Crippen LogP contribution in [-0.4, -0.2) is 31.5 Å². The van der Waals surface area contributed by atoms with E-state index in [1.54, 1.807) is 17.5 Å². The van der Waals surface area contributed by atoms with Gasteiger partial charge in [-0.2, -0.15) is 0 Å². The van der Waals surface area contributed by atoms with Crippen molar-refractivity contribution in [3.05, 3.63) is 39.8 Å². The minimum Gasteiger partial charge on any atom is -0.481 e. The number of aliphatic carboxylic acids is 1. The Morgan fingerprint density at radius 2 is 2.33 bits per heavy atom. The Morgan fingerprint density at radius 3 is 3.05 bits per heavy atom. The second-order valence-corrected chi connectivity index (χ2v) is 5.95. The standard InChI is InChI=1S/C12H9N3O4S2/c16-9(17)6-21-12-13-8-2-4-20-10(8)11(18)15(12)5-7-1-3-19-14-7/h1-4H,5-6H2,(H,16,17). The van der Waals surface area contributed by atoms with Crippen LogP contribution in [0.4, 0.5) is 0 Å². The fourth-order valence-corrected chi connectivity index (χ4v) is 3.28. The molecule has 3 aromatic rings. The minimum absolute atomic E-state index is 0.166. The predicted octanol–water partition coefficient (Wildman–Crippen LogP) is 1.67. The van der Waals surface area contributed by atoms with Gasteiger partial charge in [0.25, 0.3) is 5.56 Å². The number of aromatic nitrogens is 3. The lowest BCUT2D eigenvalue weighted by Crippen LogP contribution is -2.23. The van der Waals surface area contributed by atoms with Gasteiger partial charge in [-0.15, -0.1) is 11.3 Å². The number of thiophene rings is 1. The van der Waals surface area contributed by atoms with E-state index in [0.717, 1.165) is 11.8 Å². The minimum atomic E-state index is -0.965. The molecule has 7 nitrogen and oxygen atoms in total. The number of carbonyl (C=O) groups is 1. The molecule has 0 unspecified atom stereocenters. The summed E-state index contributed by atoms with van der Waals surface area (Å²) in [7, 11) is 0. The topological polar surface area (TPSA) is 98.2 Å². The van der Waals surface area contributed by atoms with Crippen LogP contribution in [0.25, 0.3) is 10.2 Å². The van der Waals surface area contributed by atoms with E-state index >= 15 is 0 Å². The maximum Gasteiger partial charge on any atom is 0.313 e. The van der Waals surface area contributed by atoms with Crippen molar-refractivity contribution in [2.24, 2.45) is 0 Å². The van der Waals surface area contributed by atoms with Gasteiger partial charge < -0.3 is 9.63 Å². The summed E-state index contributed by atoms with van der Waals surface area (Å²) in [6.45, 7) is 0.193. The largest absolute Gasteiger partial charge is 0.481 e. The summed E-state index contributed by atoms with van der Waals surface area (Å²) in [6, 6.07) is 3.39. The Hall–Kier alpha value is -2.13. The van der Waals surface area contributed by atoms with Crippen LogP contribution in [0.2, 0.25) is 0 Å². The molecule has 0 aromatic carbocycles. The number of fused-ring (bicyclic) bond motifs is 1. The molecule has 0 saturated carbocycles. The van der Waals surface area contributed by atoms with Crippen LogP contribution in [0.15, 0.2) is 38.3 Å². The molecule has 0 radical (unpaired) electrons. The Morgan fingerprint density at radius 1 is 1.48 bits per heavy atom. The quantitative estimate of drug-likeness (QED) is 0.563. The molecule has 0 bridgehead atoms. The maximum absolute atomic E-state index is 12.5. The molecule has 0 aliphatic carbocycles. The zero-order valence-electron chi connectivity index (χ0n) is 10.6. The highest BCUT2D eigenvalue weighted by Crippen LogP contribution is 2.21. The summed E-state index contributed by atoms with van der Waals surface area (Å²) in [5, 5.41) is 14.7. The lowest BCUT2D eigenvalue weighted by Gasteiger charge is -2.09. The van der Waals surface area contributed by atoms with Gasteiger partial charge in [0.15, 0.2) is 5.16 Å². The van der Waals surface area contributed by atoms with E-state index in [1.807, 2.05) is 0 Å². The molecule has 3 rings (SSSR count). The molecule has 0 amide bonds. The van der Waals surface area contributed by atoms with Crippen molar-refractivity contribution >= 4 is 39.3 Å². The number of hydrogen-bond donors (Lipinski definition) is 1. The average Bonchev–Trinajstić information content (AvgIpc) is 3.11. The number of carboxylic acid groups (broad SMARTS) is 1. The zero-order valence-corrected chi connectivity index (χ0v) is 12.2. The first kappa shape index (κ1) is 13.8. The van der Waals surface area contributed by atoms with E-state index in [4.69, 9.17) is 9.63 Å². The van der Waals surface area contributed by atoms with Crippen molar-refractivity contribution in [3.63, 3.8) is 0 Å². The highest BCUT2D eigenvalue weighted by Gasteiger charge is 2.15. The molecular formula is C12H9N3O4S2. The predicted molar refractivity (Wildman–Crippen MR) is 77.8 cm³/mol. The lowest BCUT2D eigenvalue weighted by atomic mass is 10.4. The number of thioether (sulfide) groups is 1. The third-order valence-electron chi connectivity index (χ3n) is 2.67. The molecule has 0 saturated heterocycles. The van der Waals surface area contributed by atoms with Crippen LogP contribution < -0.4 is 5.56 Å². The molecule has 108 valence electrons. The molecule has 0 atom stereocenters.